The molecule has 1 aliphatic heterocycles. The molecule has 0 aliphatic carbocycles. The minimum atomic E-state index is 0.857. The standard InChI is InChI=1S/C15H23N5/c1-3-4-7-16-13-12-10-11(2)17-14(12)19-15(18-13)20-8-5-6-9-20/h10H,3-9H2,1-2H3,(H2,16,17,18,19). The fourth-order valence-corrected chi connectivity index (χ4v) is 2.71. The van der Waals surface area contributed by atoms with Crippen LogP contribution in [0.5, 0.6) is 0 Å². The van der Waals surface area contributed by atoms with Crippen molar-refractivity contribution >= 4 is 22.8 Å². The summed E-state index contributed by atoms with van der Waals surface area (Å²) >= 11 is 0. The van der Waals surface area contributed by atoms with E-state index in [1.54, 1.807) is 0 Å². The highest BCUT2D eigenvalue weighted by Gasteiger charge is 2.18. The van der Waals surface area contributed by atoms with Gasteiger partial charge in [0, 0.05) is 25.3 Å². The van der Waals surface area contributed by atoms with Gasteiger partial charge in [-0.15, -0.1) is 0 Å². The summed E-state index contributed by atoms with van der Waals surface area (Å²) in [4.78, 5) is 15.1. The Morgan fingerprint density at radius 3 is 2.85 bits per heavy atom. The number of anilines is 2. The van der Waals surface area contributed by atoms with Crippen LogP contribution in [0, 0.1) is 6.92 Å². The summed E-state index contributed by atoms with van der Waals surface area (Å²) in [7, 11) is 0. The van der Waals surface area contributed by atoms with Crippen molar-refractivity contribution in [3.8, 4) is 0 Å². The fraction of sp³-hybridized carbons (Fsp3) is 0.600. The third kappa shape index (κ3) is 2.57. The lowest BCUT2D eigenvalue weighted by atomic mass is 10.3. The van der Waals surface area contributed by atoms with Gasteiger partial charge in [0.25, 0.3) is 0 Å². The quantitative estimate of drug-likeness (QED) is 0.822. The zero-order valence-electron chi connectivity index (χ0n) is 12.4. The number of unbranched alkanes of at least 4 members (excludes halogenated alkanes) is 1. The topological polar surface area (TPSA) is 56.8 Å². The summed E-state index contributed by atoms with van der Waals surface area (Å²) in [5, 5.41) is 4.57. The SMILES string of the molecule is CCCCNc1nc(N2CCCC2)nc2[nH]c(C)cc12. The summed E-state index contributed by atoms with van der Waals surface area (Å²) < 4.78 is 0. The van der Waals surface area contributed by atoms with Gasteiger partial charge in [0.05, 0.1) is 5.39 Å². The van der Waals surface area contributed by atoms with Crippen molar-refractivity contribution in [3.05, 3.63) is 11.8 Å². The minimum Gasteiger partial charge on any atom is -0.369 e. The maximum atomic E-state index is 4.75. The van der Waals surface area contributed by atoms with Gasteiger partial charge in [-0.3, -0.25) is 0 Å². The maximum absolute atomic E-state index is 4.75. The number of nitrogens with zero attached hydrogens (tertiary/aromatic N) is 3. The molecule has 5 heteroatoms. The zero-order chi connectivity index (χ0) is 13.9. The predicted molar refractivity (Wildman–Crippen MR) is 83.5 cm³/mol. The molecule has 2 aromatic rings. The molecule has 1 fully saturated rings. The van der Waals surface area contributed by atoms with Crippen molar-refractivity contribution in [2.24, 2.45) is 0 Å². The van der Waals surface area contributed by atoms with E-state index in [0.717, 1.165) is 54.5 Å². The van der Waals surface area contributed by atoms with E-state index in [-0.39, 0.29) is 0 Å². The van der Waals surface area contributed by atoms with Gasteiger partial charge in [-0.2, -0.15) is 9.97 Å². The molecular weight excluding hydrogens is 250 g/mol. The molecule has 5 nitrogen and oxygen atoms in total. The second-order valence-corrected chi connectivity index (χ2v) is 5.56. The van der Waals surface area contributed by atoms with Gasteiger partial charge < -0.3 is 15.2 Å². The van der Waals surface area contributed by atoms with E-state index < -0.39 is 0 Å². The van der Waals surface area contributed by atoms with Gasteiger partial charge in [0.15, 0.2) is 0 Å². The first-order valence-electron chi connectivity index (χ1n) is 7.64. The molecule has 3 heterocycles. The Morgan fingerprint density at radius 1 is 1.30 bits per heavy atom. The zero-order valence-corrected chi connectivity index (χ0v) is 12.4. The average Bonchev–Trinajstić information content (AvgIpc) is 3.06. The molecule has 0 aromatic carbocycles. The molecule has 2 aromatic heterocycles. The van der Waals surface area contributed by atoms with Crippen molar-refractivity contribution in [2.45, 2.75) is 39.5 Å². The molecule has 0 radical (unpaired) electrons. The van der Waals surface area contributed by atoms with Crippen molar-refractivity contribution < 1.29 is 0 Å². The lowest BCUT2D eigenvalue weighted by molar-refractivity contribution is 0.829. The first-order valence-corrected chi connectivity index (χ1v) is 7.64. The van der Waals surface area contributed by atoms with Crippen LogP contribution in [0.15, 0.2) is 6.07 Å². The van der Waals surface area contributed by atoms with E-state index in [4.69, 9.17) is 4.98 Å². The highest BCUT2D eigenvalue weighted by molar-refractivity contribution is 5.89. The molecule has 108 valence electrons. The van der Waals surface area contributed by atoms with Crippen molar-refractivity contribution in [1.29, 1.82) is 0 Å². The number of aromatic nitrogens is 3. The normalized spacial score (nSPS) is 15.2. The average molecular weight is 273 g/mol. The van der Waals surface area contributed by atoms with Crippen LogP contribution in [0.25, 0.3) is 11.0 Å². The molecule has 0 bridgehead atoms. The second-order valence-electron chi connectivity index (χ2n) is 5.56. The third-order valence-electron chi connectivity index (χ3n) is 3.82. The van der Waals surface area contributed by atoms with Crippen molar-refractivity contribution in [1.82, 2.24) is 15.0 Å². The van der Waals surface area contributed by atoms with Gasteiger partial charge >= 0.3 is 0 Å². The molecule has 0 saturated carbocycles. The van der Waals surface area contributed by atoms with E-state index in [1.807, 2.05) is 0 Å². The Labute approximate surface area is 119 Å². The lowest BCUT2D eigenvalue weighted by Crippen LogP contribution is -2.21. The summed E-state index contributed by atoms with van der Waals surface area (Å²) in [6.07, 6.45) is 4.83. The number of aryl methyl sites for hydroxylation is 1. The van der Waals surface area contributed by atoms with Gasteiger partial charge in [0.2, 0.25) is 5.95 Å². The van der Waals surface area contributed by atoms with Crippen molar-refractivity contribution in [3.63, 3.8) is 0 Å². The van der Waals surface area contributed by atoms with Crippen LogP contribution in [0.1, 0.15) is 38.3 Å². The summed E-state index contributed by atoms with van der Waals surface area (Å²) in [6, 6.07) is 2.12. The Bertz CT molecular complexity index is 583. The van der Waals surface area contributed by atoms with E-state index in [9.17, 15) is 0 Å². The van der Waals surface area contributed by atoms with Gasteiger partial charge in [-0.1, -0.05) is 13.3 Å². The highest BCUT2D eigenvalue weighted by Crippen LogP contribution is 2.25. The molecule has 0 atom stereocenters. The third-order valence-corrected chi connectivity index (χ3v) is 3.82. The Kier molecular flexibility index (Phi) is 3.76. The fourth-order valence-electron chi connectivity index (χ4n) is 2.71. The Hall–Kier alpha value is -1.78. The monoisotopic (exact) mass is 273 g/mol. The molecule has 20 heavy (non-hydrogen) atoms. The van der Waals surface area contributed by atoms with Crippen molar-refractivity contribution in [2.75, 3.05) is 29.9 Å². The van der Waals surface area contributed by atoms with Crippen LogP contribution in [0.2, 0.25) is 0 Å². The van der Waals surface area contributed by atoms with Gasteiger partial charge in [-0.25, -0.2) is 0 Å². The predicted octanol–water partition coefficient (Wildman–Crippen LogP) is 3.08. The first kappa shape index (κ1) is 13.2. The van der Waals surface area contributed by atoms with E-state index >= 15 is 0 Å². The van der Waals surface area contributed by atoms with Gasteiger partial charge in [0.1, 0.15) is 11.5 Å². The second kappa shape index (κ2) is 5.69. The smallest absolute Gasteiger partial charge is 0.229 e. The number of aromatic amines is 1. The summed E-state index contributed by atoms with van der Waals surface area (Å²) in [5.41, 5.74) is 2.07. The Morgan fingerprint density at radius 2 is 2.10 bits per heavy atom. The number of fused-ring (bicyclic) bond motifs is 1. The molecule has 0 unspecified atom stereocenters. The molecule has 0 spiro atoms. The number of hydrogen-bond donors (Lipinski definition) is 2. The number of nitrogens with one attached hydrogen (secondary N) is 2. The van der Waals surface area contributed by atoms with Crippen LogP contribution in [-0.2, 0) is 0 Å². The van der Waals surface area contributed by atoms with Crippen LogP contribution in [-0.4, -0.2) is 34.6 Å². The lowest BCUT2D eigenvalue weighted by Gasteiger charge is -2.16. The maximum Gasteiger partial charge on any atom is 0.229 e. The van der Waals surface area contributed by atoms with E-state index in [2.05, 4.69) is 40.1 Å². The Balaban J connectivity index is 1.95. The highest BCUT2D eigenvalue weighted by atomic mass is 15.3. The number of H-pyrrole nitrogens is 1. The molecule has 2 N–H and O–H groups in total. The van der Waals surface area contributed by atoms with Gasteiger partial charge in [-0.05, 0) is 32.3 Å². The molecule has 1 saturated heterocycles. The van der Waals surface area contributed by atoms with Crippen LogP contribution < -0.4 is 10.2 Å². The molecule has 0 amide bonds. The van der Waals surface area contributed by atoms with E-state index in [0.29, 0.717) is 0 Å². The molecule has 1 aliphatic rings. The van der Waals surface area contributed by atoms with Crippen LogP contribution in [0.3, 0.4) is 0 Å². The number of rotatable bonds is 5. The van der Waals surface area contributed by atoms with Crippen LogP contribution >= 0.6 is 0 Å². The van der Waals surface area contributed by atoms with Crippen LogP contribution in [0.4, 0.5) is 11.8 Å². The minimum absolute atomic E-state index is 0.857. The summed E-state index contributed by atoms with van der Waals surface area (Å²) in [5.74, 6) is 1.82. The summed E-state index contributed by atoms with van der Waals surface area (Å²) in [6.45, 7) is 7.37. The van der Waals surface area contributed by atoms with E-state index in [1.165, 1.54) is 19.3 Å². The number of hydrogen-bond acceptors (Lipinski definition) is 4. The molecule has 3 rings (SSSR count). The largest absolute Gasteiger partial charge is 0.369 e. The molecular formula is C15H23N5. The first-order chi connectivity index (χ1) is 9.78.